The normalized spacial score (nSPS) is 18.1. The van der Waals surface area contributed by atoms with Crippen LogP contribution in [0.15, 0.2) is 42.5 Å². The quantitative estimate of drug-likeness (QED) is 0.839. The molecule has 27 heavy (non-hydrogen) atoms. The van der Waals surface area contributed by atoms with Gasteiger partial charge in [0.1, 0.15) is 0 Å². The smallest absolute Gasteiger partial charge is 0.251 e. The van der Waals surface area contributed by atoms with E-state index in [1.165, 1.54) is 37.8 Å². The number of hydrogen-bond donors (Lipinski definition) is 1. The van der Waals surface area contributed by atoms with E-state index in [1.807, 2.05) is 19.1 Å². The number of carbonyl (C=O) groups excluding carboxylic acids is 1. The van der Waals surface area contributed by atoms with Crippen LogP contribution in [0.2, 0.25) is 0 Å². The number of piperidine rings is 1. The summed E-state index contributed by atoms with van der Waals surface area (Å²) in [7, 11) is 1.40. The Bertz CT molecular complexity index is 791. The molecule has 0 aliphatic carbocycles. The highest BCUT2D eigenvalue weighted by atomic mass is 19.1. The van der Waals surface area contributed by atoms with Gasteiger partial charge in [0.2, 0.25) is 0 Å². The number of amides is 1. The Labute approximate surface area is 160 Å². The number of ether oxygens (including phenoxy) is 1. The number of nitrogens with zero attached hydrogens (tertiary/aromatic N) is 1. The minimum Gasteiger partial charge on any atom is -0.494 e. The van der Waals surface area contributed by atoms with Crippen LogP contribution in [0.5, 0.6) is 5.75 Å². The van der Waals surface area contributed by atoms with Gasteiger partial charge in [0.05, 0.1) is 13.2 Å². The molecule has 5 heteroatoms. The zero-order valence-electron chi connectivity index (χ0n) is 16.2. The first-order valence-corrected chi connectivity index (χ1v) is 9.47. The second-order valence-electron chi connectivity index (χ2n) is 7.33. The molecule has 1 amide bonds. The molecule has 1 aliphatic heterocycles. The topological polar surface area (TPSA) is 41.6 Å². The summed E-state index contributed by atoms with van der Waals surface area (Å²) in [5, 5.41) is 2.92. The monoisotopic (exact) mass is 370 g/mol. The van der Waals surface area contributed by atoms with E-state index in [0.717, 1.165) is 24.6 Å². The maximum absolute atomic E-state index is 13.8. The Hall–Kier alpha value is -2.56. The molecule has 3 rings (SSSR count). The first kappa shape index (κ1) is 19.2. The lowest BCUT2D eigenvalue weighted by atomic mass is 9.99. The molecule has 2 aromatic rings. The van der Waals surface area contributed by atoms with Gasteiger partial charge in [-0.2, -0.15) is 0 Å². The van der Waals surface area contributed by atoms with E-state index in [9.17, 15) is 9.18 Å². The number of nitrogens with one attached hydrogen (secondary N) is 1. The second kappa shape index (κ2) is 8.42. The molecule has 1 aliphatic rings. The van der Waals surface area contributed by atoms with Gasteiger partial charge in [-0.1, -0.05) is 19.1 Å². The largest absolute Gasteiger partial charge is 0.494 e. The third-order valence-electron chi connectivity index (χ3n) is 5.18. The molecule has 2 aromatic carbocycles. The molecule has 0 bridgehead atoms. The number of rotatable bonds is 5. The minimum absolute atomic E-state index is 0.127. The summed E-state index contributed by atoms with van der Waals surface area (Å²) in [6.07, 6.45) is 2.53. The summed E-state index contributed by atoms with van der Waals surface area (Å²) in [6, 6.07) is 12.4. The number of benzene rings is 2. The highest BCUT2D eigenvalue weighted by Gasteiger charge is 2.17. The predicted octanol–water partition coefficient (Wildman–Crippen LogP) is 4.56. The zero-order chi connectivity index (χ0) is 19.4. The van der Waals surface area contributed by atoms with Crippen molar-refractivity contribution in [3.05, 3.63) is 59.4 Å². The third kappa shape index (κ3) is 4.59. The van der Waals surface area contributed by atoms with Crippen LogP contribution in [0.1, 0.15) is 48.7 Å². The number of halogens is 1. The van der Waals surface area contributed by atoms with Crippen molar-refractivity contribution in [2.75, 3.05) is 25.1 Å². The lowest BCUT2D eigenvalue weighted by Gasteiger charge is -2.33. The van der Waals surface area contributed by atoms with Gasteiger partial charge in [0, 0.05) is 24.3 Å². The van der Waals surface area contributed by atoms with Crippen molar-refractivity contribution in [1.29, 1.82) is 0 Å². The Morgan fingerprint density at radius 1 is 1.26 bits per heavy atom. The SMILES string of the molecule is COc1ccc(C(=O)NC(C)c2ccc(N3CCCC(C)C3)cc2)cc1F. The molecule has 1 heterocycles. The predicted molar refractivity (Wildman–Crippen MR) is 106 cm³/mol. The summed E-state index contributed by atoms with van der Waals surface area (Å²) < 4.78 is 18.7. The van der Waals surface area contributed by atoms with Gasteiger partial charge in [-0.05, 0) is 61.6 Å². The highest BCUT2D eigenvalue weighted by Crippen LogP contribution is 2.25. The van der Waals surface area contributed by atoms with Crippen LogP contribution in [0.3, 0.4) is 0 Å². The number of hydrogen-bond acceptors (Lipinski definition) is 3. The molecule has 1 saturated heterocycles. The number of methoxy groups -OCH3 is 1. The van der Waals surface area contributed by atoms with Crippen LogP contribution in [-0.2, 0) is 0 Å². The summed E-state index contributed by atoms with van der Waals surface area (Å²) in [4.78, 5) is 14.8. The maximum atomic E-state index is 13.8. The van der Waals surface area contributed by atoms with Crippen molar-refractivity contribution in [2.24, 2.45) is 5.92 Å². The van der Waals surface area contributed by atoms with Crippen LogP contribution in [-0.4, -0.2) is 26.1 Å². The Morgan fingerprint density at radius 3 is 2.63 bits per heavy atom. The number of anilines is 1. The summed E-state index contributed by atoms with van der Waals surface area (Å²) >= 11 is 0. The van der Waals surface area contributed by atoms with Crippen LogP contribution >= 0.6 is 0 Å². The highest BCUT2D eigenvalue weighted by molar-refractivity contribution is 5.94. The Morgan fingerprint density at radius 2 is 2.00 bits per heavy atom. The minimum atomic E-state index is -0.544. The Kier molecular flexibility index (Phi) is 5.99. The first-order chi connectivity index (χ1) is 13.0. The molecule has 2 unspecified atom stereocenters. The van der Waals surface area contributed by atoms with E-state index in [-0.39, 0.29) is 23.3 Å². The molecule has 0 radical (unpaired) electrons. The second-order valence-corrected chi connectivity index (χ2v) is 7.33. The van der Waals surface area contributed by atoms with Crippen LogP contribution < -0.4 is 15.0 Å². The molecular formula is C22H27FN2O2. The van der Waals surface area contributed by atoms with E-state index < -0.39 is 5.82 Å². The Balaban J connectivity index is 1.64. The van der Waals surface area contributed by atoms with Gasteiger partial charge < -0.3 is 15.0 Å². The van der Waals surface area contributed by atoms with E-state index in [2.05, 4.69) is 29.3 Å². The summed E-state index contributed by atoms with van der Waals surface area (Å²) in [5.41, 5.74) is 2.52. The van der Waals surface area contributed by atoms with Gasteiger partial charge in [0.15, 0.2) is 11.6 Å². The molecule has 0 aromatic heterocycles. The van der Waals surface area contributed by atoms with Crippen LogP contribution in [0, 0.1) is 11.7 Å². The zero-order valence-corrected chi connectivity index (χ0v) is 16.2. The third-order valence-corrected chi connectivity index (χ3v) is 5.18. The molecule has 1 fully saturated rings. The van der Waals surface area contributed by atoms with Gasteiger partial charge in [0.25, 0.3) is 5.91 Å². The van der Waals surface area contributed by atoms with E-state index in [4.69, 9.17) is 4.74 Å². The van der Waals surface area contributed by atoms with Crippen molar-refractivity contribution >= 4 is 11.6 Å². The number of carbonyl (C=O) groups is 1. The standard InChI is InChI=1S/C22H27FN2O2/c1-15-5-4-12-25(14-15)19-9-6-17(7-10-19)16(2)24-22(26)18-8-11-21(27-3)20(23)13-18/h6-11,13,15-16H,4-5,12,14H2,1-3H3,(H,24,26). The van der Waals surface area contributed by atoms with Gasteiger partial charge in [-0.3, -0.25) is 4.79 Å². The molecule has 4 nitrogen and oxygen atoms in total. The van der Waals surface area contributed by atoms with E-state index in [1.54, 1.807) is 6.07 Å². The van der Waals surface area contributed by atoms with Crippen molar-refractivity contribution in [1.82, 2.24) is 5.32 Å². The molecule has 0 spiro atoms. The molecule has 1 N–H and O–H groups in total. The van der Waals surface area contributed by atoms with Crippen molar-refractivity contribution in [2.45, 2.75) is 32.7 Å². The fraction of sp³-hybridized carbons (Fsp3) is 0.409. The molecule has 0 saturated carbocycles. The van der Waals surface area contributed by atoms with Gasteiger partial charge in [-0.15, -0.1) is 0 Å². The lowest BCUT2D eigenvalue weighted by molar-refractivity contribution is 0.0939. The lowest BCUT2D eigenvalue weighted by Crippen LogP contribution is -2.34. The maximum Gasteiger partial charge on any atom is 0.251 e. The van der Waals surface area contributed by atoms with E-state index in [0.29, 0.717) is 0 Å². The summed E-state index contributed by atoms with van der Waals surface area (Å²) in [5.74, 6) is -0.000325. The van der Waals surface area contributed by atoms with Crippen molar-refractivity contribution in [3.8, 4) is 5.75 Å². The fourth-order valence-corrected chi connectivity index (χ4v) is 3.57. The van der Waals surface area contributed by atoms with Gasteiger partial charge in [-0.25, -0.2) is 4.39 Å². The molecule has 2 atom stereocenters. The van der Waals surface area contributed by atoms with Crippen molar-refractivity contribution < 1.29 is 13.9 Å². The average Bonchev–Trinajstić information content (AvgIpc) is 2.68. The average molecular weight is 370 g/mol. The van der Waals surface area contributed by atoms with Crippen molar-refractivity contribution in [3.63, 3.8) is 0 Å². The van der Waals surface area contributed by atoms with E-state index >= 15 is 0 Å². The molecule has 144 valence electrons. The fourth-order valence-electron chi connectivity index (χ4n) is 3.57. The first-order valence-electron chi connectivity index (χ1n) is 9.47. The van der Waals surface area contributed by atoms with Crippen LogP contribution in [0.4, 0.5) is 10.1 Å². The molecular weight excluding hydrogens is 343 g/mol. The van der Waals surface area contributed by atoms with Gasteiger partial charge >= 0.3 is 0 Å². The summed E-state index contributed by atoms with van der Waals surface area (Å²) in [6.45, 7) is 6.41. The van der Waals surface area contributed by atoms with Crippen LogP contribution in [0.25, 0.3) is 0 Å².